The van der Waals surface area contributed by atoms with Gasteiger partial charge in [0.2, 0.25) is 15.9 Å². The molecule has 1 aliphatic heterocycles. The molecule has 1 aliphatic rings. The number of carbonyl (C=O) groups is 1. The summed E-state index contributed by atoms with van der Waals surface area (Å²) < 4.78 is 27.1. The Labute approximate surface area is 157 Å². The normalized spacial score (nSPS) is 18.0. The van der Waals surface area contributed by atoms with Gasteiger partial charge in [-0.05, 0) is 37.0 Å². The molecule has 0 spiro atoms. The number of sulfonamides is 1. The number of piperazine rings is 1. The van der Waals surface area contributed by atoms with Crippen LogP contribution in [0.3, 0.4) is 0 Å². The van der Waals surface area contributed by atoms with Crippen molar-refractivity contribution in [3.63, 3.8) is 0 Å². The molecule has 0 unspecified atom stereocenters. The molecule has 1 fully saturated rings. The third kappa shape index (κ3) is 5.28. The van der Waals surface area contributed by atoms with E-state index in [-0.39, 0.29) is 11.9 Å². The Morgan fingerprint density at radius 3 is 2.15 bits per heavy atom. The minimum Gasteiger partial charge on any atom is -0.353 e. The van der Waals surface area contributed by atoms with Crippen LogP contribution in [0.1, 0.15) is 45.6 Å². The summed E-state index contributed by atoms with van der Waals surface area (Å²) in [5.41, 5.74) is 1.13. The average Bonchev–Trinajstić information content (AvgIpc) is 2.62. The van der Waals surface area contributed by atoms with Gasteiger partial charge in [-0.15, -0.1) is 0 Å². The molecule has 26 heavy (non-hydrogen) atoms. The van der Waals surface area contributed by atoms with E-state index in [9.17, 15) is 13.2 Å². The van der Waals surface area contributed by atoms with Gasteiger partial charge in [0.05, 0.1) is 11.4 Å². The summed E-state index contributed by atoms with van der Waals surface area (Å²) in [5.74, 6) is 0.372. The maximum Gasteiger partial charge on any atom is 0.243 e. The molecule has 0 bridgehead atoms. The summed E-state index contributed by atoms with van der Waals surface area (Å²) in [6.45, 7) is 10.4. The zero-order chi connectivity index (χ0) is 19.3. The summed E-state index contributed by atoms with van der Waals surface area (Å²) >= 11 is 0. The van der Waals surface area contributed by atoms with Gasteiger partial charge >= 0.3 is 0 Å². The van der Waals surface area contributed by atoms with E-state index in [4.69, 9.17) is 0 Å². The van der Waals surface area contributed by atoms with Crippen LogP contribution in [-0.2, 0) is 14.8 Å². The second kappa shape index (κ2) is 8.97. The first-order valence-electron chi connectivity index (χ1n) is 9.35. The number of benzene rings is 1. The minimum absolute atomic E-state index is 0.0000635. The van der Waals surface area contributed by atoms with Crippen molar-refractivity contribution in [2.75, 3.05) is 32.7 Å². The molecule has 1 saturated heterocycles. The Morgan fingerprint density at radius 2 is 1.65 bits per heavy atom. The molecule has 7 heteroatoms. The van der Waals surface area contributed by atoms with Crippen LogP contribution >= 0.6 is 0 Å². The summed E-state index contributed by atoms with van der Waals surface area (Å²) in [7, 11) is -3.47. The maximum absolute atomic E-state index is 12.8. The smallest absolute Gasteiger partial charge is 0.243 e. The van der Waals surface area contributed by atoms with E-state index in [1.54, 1.807) is 12.1 Å². The molecule has 0 radical (unpaired) electrons. The summed E-state index contributed by atoms with van der Waals surface area (Å²) in [6.07, 6.45) is 0.896. The third-order valence-electron chi connectivity index (χ3n) is 4.90. The van der Waals surface area contributed by atoms with E-state index < -0.39 is 10.0 Å². The van der Waals surface area contributed by atoms with Crippen LogP contribution in [0.5, 0.6) is 0 Å². The number of hydrogen-bond donors (Lipinski definition) is 1. The predicted molar refractivity (Wildman–Crippen MR) is 104 cm³/mol. The molecule has 146 valence electrons. The number of rotatable bonds is 7. The lowest BCUT2D eigenvalue weighted by atomic mass is 10.0. The van der Waals surface area contributed by atoms with Gasteiger partial charge in [0.15, 0.2) is 0 Å². The van der Waals surface area contributed by atoms with Crippen molar-refractivity contribution in [2.45, 2.75) is 51.0 Å². The SMILES string of the molecule is CC[C@H](C)NC(=O)CN1CCN(S(=O)(=O)c2ccc(C(C)C)cc2)CC1. The maximum atomic E-state index is 12.8. The van der Waals surface area contributed by atoms with E-state index in [1.807, 2.05) is 30.9 Å². The molecular weight excluding hydrogens is 350 g/mol. The Bertz CT molecular complexity index is 693. The molecule has 2 rings (SSSR count). The van der Waals surface area contributed by atoms with Gasteiger partial charge in [0.25, 0.3) is 0 Å². The van der Waals surface area contributed by atoms with Gasteiger partial charge in [-0.25, -0.2) is 8.42 Å². The Morgan fingerprint density at radius 1 is 1.08 bits per heavy atom. The number of amides is 1. The van der Waals surface area contributed by atoms with Crippen molar-refractivity contribution in [1.82, 2.24) is 14.5 Å². The van der Waals surface area contributed by atoms with Gasteiger partial charge in [-0.2, -0.15) is 4.31 Å². The average molecular weight is 382 g/mol. The Balaban J connectivity index is 1.92. The van der Waals surface area contributed by atoms with Crippen LogP contribution in [0.15, 0.2) is 29.2 Å². The van der Waals surface area contributed by atoms with E-state index in [0.717, 1.165) is 12.0 Å². The highest BCUT2D eigenvalue weighted by atomic mass is 32.2. The number of hydrogen-bond acceptors (Lipinski definition) is 4. The lowest BCUT2D eigenvalue weighted by molar-refractivity contribution is -0.123. The van der Waals surface area contributed by atoms with Crippen molar-refractivity contribution >= 4 is 15.9 Å². The fraction of sp³-hybridized carbons (Fsp3) is 0.632. The fourth-order valence-electron chi connectivity index (χ4n) is 2.93. The molecule has 1 aromatic rings. The molecule has 1 aromatic carbocycles. The van der Waals surface area contributed by atoms with E-state index in [0.29, 0.717) is 43.5 Å². The molecular formula is C19H31N3O3S. The first kappa shape index (κ1) is 20.9. The zero-order valence-corrected chi connectivity index (χ0v) is 17.1. The van der Waals surface area contributed by atoms with Crippen molar-refractivity contribution in [3.8, 4) is 0 Å². The highest BCUT2D eigenvalue weighted by molar-refractivity contribution is 7.89. The summed E-state index contributed by atoms with van der Waals surface area (Å²) in [4.78, 5) is 14.3. The van der Waals surface area contributed by atoms with E-state index in [2.05, 4.69) is 19.2 Å². The number of carbonyl (C=O) groups excluding carboxylic acids is 1. The Kier molecular flexibility index (Phi) is 7.20. The molecule has 1 amide bonds. The lowest BCUT2D eigenvalue weighted by Gasteiger charge is -2.33. The van der Waals surface area contributed by atoms with Crippen LogP contribution in [0.25, 0.3) is 0 Å². The highest BCUT2D eigenvalue weighted by Gasteiger charge is 2.29. The van der Waals surface area contributed by atoms with Crippen LogP contribution in [0.4, 0.5) is 0 Å². The topological polar surface area (TPSA) is 69.7 Å². The quantitative estimate of drug-likeness (QED) is 0.785. The van der Waals surface area contributed by atoms with Gasteiger partial charge in [-0.1, -0.05) is 32.9 Å². The molecule has 0 aliphatic carbocycles. The molecule has 6 nitrogen and oxygen atoms in total. The predicted octanol–water partition coefficient (Wildman–Crippen LogP) is 2.03. The highest BCUT2D eigenvalue weighted by Crippen LogP contribution is 2.21. The first-order chi connectivity index (χ1) is 12.2. The molecule has 1 N–H and O–H groups in total. The van der Waals surface area contributed by atoms with Crippen molar-refractivity contribution in [1.29, 1.82) is 0 Å². The second-order valence-corrected chi connectivity index (χ2v) is 9.22. The van der Waals surface area contributed by atoms with Crippen LogP contribution in [0, 0.1) is 0 Å². The van der Waals surface area contributed by atoms with Gasteiger partial charge in [0.1, 0.15) is 0 Å². The van der Waals surface area contributed by atoms with Gasteiger partial charge in [0, 0.05) is 32.2 Å². The van der Waals surface area contributed by atoms with E-state index >= 15 is 0 Å². The van der Waals surface area contributed by atoms with Gasteiger partial charge < -0.3 is 5.32 Å². The van der Waals surface area contributed by atoms with Crippen LogP contribution < -0.4 is 5.32 Å². The van der Waals surface area contributed by atoms with Crippen molar-refractivity contribution < 1.29 is 13.2 Å². The van der Waals surface area contributed by atoms with Crippen LogP contribution in [-0.4, -0.2) is 62.3 Å². The zero-order valence-electron chi connectivity index (χ0n) is 16.2. The van der Waals surface area contributed by atoms with Crippen molar-refractivity contribution in [2.24, 2.45) is 0 Å². The summed E-state index contributed by atoms with van der Waals surface area (Å²) in [5, 5.41) is 2.95. The monoisotopic (exact) mass is 381 g/mol. The second-order valence-electron chi connectivity index (χ2n) is 7.28. The fourth-order valence-corrected chi connectivity index (χ4v) is 4.35. The van der Waals surface area contributed by atoms with Gasteiger partial charge in [-0.3, -0.25) is 9.69 Å². The number of nitrogens with zero attached hydrogens (tertiary/aromatic N) is 2. The summed E-state index contributed by atoms with van der Waals surface area (Å²) in [6, 6.07) is 7.31. The molecule has 0 saturated carbocycles. The minimum atomic E-state index is -3.47. The molecule has 1 atom stereocenters. The first-order valence-corrected chi connectivity index (χ1v) is 10.8. The third-order valence-corrected chi connectivity index (χ3v) is 6.82. The van der Waals surface area contributed by atoms with Crippen molar-refractivity contribution in [3.05, 3.63) is 29.8 Å². The van der Waals surface area contributed by atoms with E-state index in [1.165, 1.54) is 4.31 Å². The lowest BCUT2D eigenvalue weighted by Crippen LogP contribution is -2.51. The van der Waals surface area contributed by atoms with Crippen LogP contribution in [0.2, 0.25) is 0 Å². The largest absolute Gasteiger partial charge is 0.353 e. The Hall–Kier alpha value is -1.44. The molecule has 1 heterocycles. The molecule has 0 aromatic heterocycles. The standard InChI is InChI=1S/C19H31N3O3S/c1-5-16(4)20-19(23)14-21-10-12-22(13-11-21)26(24,25)18-8-6-17(7-9-18)15(2)3/h6-9,15-16H,5,10-14H2,1-4H3,(H,20,23)/t16-/m0/s1. The number of nitrogens with one attached hydrogen (secondary N) is 1.